The van der Waals surface area contributed by atoms with E-state index >= 15 is 0 Å². The predicted octanol–water partition coefficient (Wildman–Crippen LogP) is 0.0386. The molecule has 18 heavy (non-hydrogen) atoms. The van der Waals surface area contributed by atoms with E-state index in [1.807, 2.05) is 6.92 Å². The van der Waals surface area contributed by atoms with Crippen LogP contribution in [0.2, 0.25) is 0 Å². The van der Waals surface area contributed by atoms with Crippen LogP contribution in [0.1, 0.15) is 6.92 Å². The molecule has 1 unspecified atom stereocenters. The first-order valence-electron chi connectivity index (χ1n) is 5.62. The molecule has 0 N–H and O–H groups in total. The van der Waals surface area contributed by atoms with E-state index in [1.165, 1.54) is 17.1 Å². The Bertz CT molecular complexity index is 458. The molecule has 0 bridgehead atoms. The quantitative estimate of drug-likeness (QED) is 0.561. The highest BCUT2D eigenvalue weighted by molar-refractivity contribution is 5.76. The highest BCUT2D eigenvalue weighted by Gasteiger charge is 2.22. The third-order valence-corrected chi connectivity index (χ3v) is 2.72. The fourth-order valence-electron chi connectivity index (χ4n) is 1.83. The SMILES string of the molecule is CC1CN(C(=O)Cn2cnc([N+](=O)[O-])c2)CCO1. The summed E-state index contributed by atoms with van der Waals surface area (Å²) in [5.74, 6) is -0.337. The number of imidazole rings is 1. The molecule has 8 heteroatoms. The lowest BCUT2D eigenvalue weighted by Crippen LogP contribution is -2.45. The Morgan fingerprint density at radius 2 is 2.50 bits per heavy atom. The van der Waals surface area contributed by atoms with Gasteiger partial charge >= 0.3 is 5.82 Å². The Labute approximate surface area is 103 Å². The van der Waals surface area contributed by atoms with E-state index in [1.54, 1.807) is 4.90 Å². The number of carbonyl (C=O) groups excluding carboxylic acids is 1. The Kier molecular flexibility index (Phi) is 3.56. The molecule has 0 spiro atoms. The first kappa shape index (κ1) is 12.5. The van der Waals surface area contributed by atoms with E-state index in [4.69, 9.17) is 4.74 Å². The van der Waals surface area contributed by atoms with Gasteiger partial charge in [0.15, 0.2) is 0 Å². The van der Waals surface area contributed by atoms with E-state index < -0.39 is 4.92 Å². The molecular formula is C10H14N4O4. The van der Waals surface area contributed by atoms with Crippen molar-refractivity contribution in [3.8, 4) is 0 Å². The summed E-state index contributed by atoms with van der Waals surface area (Å²) in [5, 5.41) is 10.5. The van der Waals surface area contributed by atoms with Crippen molar-refractivity contribution in [3.05, 3.63) is 22.6 Å². The third-order valence-electron chi connectivity index (χ3n) is 2.72. The lowest BCUT2D eigenvalue weighted by atomic mass is 10.3. The lowest BCUT2D eigenvalue weighted by molar-refractivity contribution is -0.389. The molecule has 1 aromatic heterocycles. The van der Waals surface area contributed by atoms with Crippen LogP contribution < -0.4 is 0 Å². The van der Waals surface area contributed by atoms with Crippen LogP contribution in [0.3, 0.4) is 0 Å². The summed E-state index contributed by atoms with van der Waals surface area (Å²) < 4.78 is 6.76. The molecule has 1 aromatic rings. The zero-order valence-corrected chi connectivity index (χ0v) is 9.98. The molecule has 8 nitrogen and oxygen atoms in total. The average Bonchev–Trinajstić information content (AvgIpc) is 2.77. The second-order valence-electron chi connectivity index (χ2n) is 4.18. The van der Waals surface area contributed by atoms with Crippen LogP contribution >= 0.6 is 0 Å². The van der Waals surface area contributed by atoms with Crippen LogP contribution in [-0.4, -0.2) is 51.1 Å². The minimum Gasteiger partial charge on any atom is -0.375 e. The van der Waals surface area contributed by atoms with E-state index in [9.17, 15) is 14.9 Å². The topological polar surface area (TPSA) is 90.5 Å². The number of hydrogen-bond acceptors (Lipinski definition) is 5. The van der Waals surface area contributed by atoms with Crippen LogP contribution in [0.4, 0.5) is 5.82 Å². The number of rotatable bonds is 3. The van der Waals surface area contributed by atoms with Gasteiger partial charge in [-0.05, 0) is 16.8 Å². The van der Waals surface area contributed by atoms with Crippen molar-refractivity contribution in [1.82, 2.24) is 14.5 Å². The highest BCUT2D eigenvalue weighted by Crippen LogP contribution is 2.08. The summed E-state index contributed by atoms with van der Waals surface area (Å²) in [6, 6.07) is 0. The summed E-state index contributed by atoms with van der Waals surface area (Å²) in [4.78, 5) is 27.1. The first-order valence-corrected chi connectivity index (χ1v) is 5.62. The Hall–Kier alpha value is -1.96. The molecule has 0 aromatic carbocycles. The molecule has 2 heterocycles. The molecule has 98 valence electrons. The van der Waals surface area contributed by atoms with Crippen LogP contribution in [-0.2, 0) is 16.1 Å². The molecule has 1 aliphatic heterocycles. The molecule has 0 saturated carbocycles. The minimum absolute atomic E-state index is 0.0276. The minimum atomic E-state index is -0.586. The maximum absolute atomic E-state index is 11.9. The molecule has 1 atom stereocenters. The van der Waals surface area contributed by atoms with Crippen molar-refractivity contribution in [1.29, 1.82) is 0 Å². The van der Waals surface area contributed by atoms with Gasteiger partial charge in [0.2, 0.25) is 12.2 Å². The number of amides is 1. The van der Waals surface area contributed by atoms with Gasteiger partial charge in [-0.25, -0.2) is 0 Å². The zero-order chi connectivity index (χ0) is 13.1. The summed E-state index contributed by atoms with van der Waals surface area (Å²) in [6.45, 7) is 3.60. The average molecular weight is 254 g/mol. The smallest absolute Gasteiger partial charge is 0.375 e. The first-order chi connectivity index (χ1) is 8.56. The lowest BCUT2D eigenvalue weighted by Gasteiger charge is -2.31. The monoisotopic (exact) mass is 254 g/mol. The highest BCUT2D eigenvalue weighted by atomic mass is 16.6. The van der Waals surface area contributed by atoms with Gasteiger partial charge in [-0.2, -0.15) is 0 Å². The van der Waals surface area contributed by atoms with Crippen molar-refractivity contribution >= 4 is 11.7 Å². The van der Waals surface area contributed by atoms with Gasteiger partial charge in [-0.15, -0.1) is 0 Å². The van der Waals surface area contributed by atoms with Crippen molar-refractivity contribution < 1.29 is 14.5 Å². The molecule has 1 amide bonds. The second-order valence-corrected chi connectivity index (χ2v) is 4.18. The van der Waals surface area contributed by atoms with Crippen molar-refractivity contribution in [2.24, 2.45) is 0 Å². The maximum Gasteiger partial charge on any atom is 0.381 e. The predicted molar refractivity (Wildman–Crippen MR) is 60.9 cm³/mol. The second kappa shape index (κ2) is 5.13. The molecule has 0 aliphatic carbocycles. The van der Waals surface area contributed by atoms with Crippen LogP contribution in [0.5, 0.6) is 0 Å². The molecule has 1 fully saturated rings. The number of morpholine rings is 1. The van der Waals surface area contributed by atoms with Gasteiger partial charge in [0, 0.05) is 13.1 Å². The summed E-state index contributed by atoms with van der Waals surface area (Å²) >= 11 is 0. The van der Waals surface area contributed by atoms with Crippen LogP contribution in [0, 0.1) is 10.1 Å². The normalized spacial score (nSPS) is 19.8. The molecule has 1 aliphatic rings. The van der Waals surface area contributed by atoms with Crippen molar-refractivity contribution in [2.45, 2.75) is 19.6 Å². The van der Waals surface area contributed by atoms with Gasteiger partial charge in [0.05, 0.1) is 12.7 Å². The Morgan fingerprint density at radius 1 is 1.72 bits per heavy atom. The Morgan fingerprint density at radius 3 is 3.11 bits per heavy atom. The number of nitrogens with zero attached hydrogens (tertiary/aromatic N) is 4. The fraction of sp³-hybridized carbons (Fsp3) is 0.600. The fourth-order valence-corrected chi connectivity index (χ4v) is 1.83. The van der Waals surface area contributed by atoms with E-state index in [0.717, 1.165) is 0 Å². The van der Waals surface area contributed by atoms with Gasteiger partial charge in [0.1, 0.15) is 12.7 Å². The van der Waals surface area contributed by atoms with Crippen LogP contribution in [0.15, 0.2) is 12.5 Å². The standard InChI is InChI=1S/C10H14N4O4/c1-8-4-13(2-3-18-8)10(15)6-12-5-9(11-7-12)14(16)17/h5,7-8H,2-4,6H2,1H3. The number of aromatic nitrogens is 2. The summed E-state index contributed by atoms with van der Waals surface area (Å²) in [7, 11) is 0. The van der Waals surface area contributed by atoms with E-state index in [2.05, 4.69) is 4.98 Å². The van der Waals surface area contributed by atoms with E-state index in [-0.39, 0.29) is 24.4 Å². The van der Waals surface area contributed by atoms with Crippen LogP contribution in [0.25, 0.3) is 0 Å². The largest absolute Gasteiger partial charge is 0.381 e. The van der Waals surface area contributed by atoms with Crippen molar-refractivity contribution in [3.63, 3.8) is 0 Å². The Balaban J connectivity index is 1.95. The van der Waals surface area contributed by atoms with Gasteiger partial charge < -0.3 is 24.3 Å². The zero-order valence-electron chi connectivity index (χ0n) is 9.98. The number of hydrogen-bond donors (Lipinski definition) is 0. The van der Waals surface area contributed by atoms with Gasteiger partial charge in [0.25, 0.3) is 0 Å². The molecular weight excluding hydrogens is 240 g/mol. The maximum atomic E-state index is 11.9. The summed E-state index contributed by atoms with van der Waals surface area (Å²) in [5.41, 5.74) is 0. The van der Waals surface area contributed by atoms with Gasteiger partial charge in [-0.1, -0.05) is 0 Å². The summed E-state index contributed by atoms with van der Waals surface area (Å²) in [6.07, 6.45) is 2.57. The number of nitro groups is 1. The number of carbonyl (C=O) groups is 1. The van der Waals surface area contributed by atoms with Gasteiger partial charge in [-0.3, -0.25) is 4.79 Å². The van der Waals surface area contributed by atoms with E-state index in [0.29, 0.717) is 19.7 Å². The number of ether oxygens (including phenoxy) is 1. The molecule has 1 saturated heterocycles. The third kappa shape index (κ3) is 2.83. The van der Waals surface area contributed by atoms with Crippen molar-refractivity contribution in [2.75, 3.05) is 19.7 Å². The molecule has 2 rings (SSSR count). The molecule has 0 radical (unpaired) electrons.